The molecule has 1 saturated heterocycles. The molecule has 0 radical (unpaired) electrons. The molecule has 2 atom stereocenters. The lowest BCUT2D eigenvalue weighted by Crippen LogP contribution is -2.56. The molecule has 0 amide bonds. The summed E-state index contributed by atoms with van der Waals surface area (Å²) in [5, 5.41) is 11.6. The lowest BCUT2D eigenvalue weighted by molar-refractivity contribution is -0.139. The van der Waals surface area contributed by atoms with Gasteiger partial charge in [-0.3, -0.25) is 10.1 Å². The van der Waals surface area contributed by atoms with Crippen LogP contribution < -0.4 is 5.32 Å². The number of aliphatic carboxylic acids is 1. The van der Waals surface area contributed by atoms with Crippen molar-refractivity contribution in [3.05, 3.63) is 0 Å². The molecule has 1 heterocycles. The summed E-state index contributed by atoms with van der Waals surface area (Å²) in [5.41, 5.74) is 0. The van der Waals surface area contributed by atoms with Crippen LogP contribution in [0, 0.1) is 5.92 Å². The second kappa shape index (κ2) is 3.86. The van der Waals surface area contributed by atoms with E-state index in [-0.39, 0.29) is 23.5 Å². The Morgan fingerprint density at radius 1 is 1.43 bits per heavy atom. The Morgan fingerprint density at radius 2 is 2.00 bits per heavy atom. The minimum absolute atomic E-state index is 0.0362. The van der Waals surface area contributed by atoms with Crippen LogP contribution in [0.3, 0.4) is 0 Å². The van der Waals surface area contributed by atoms with Gasteiger partial charge < -0.3 is 5.11 Å². The standard InChI is InChI=1S/C8H15NO4S/c1-5(2)6-3-14(12,13)4-7(9-6)8(10)11/h5-7,9H,3-4H2,1-2H3,(H,10,11). The molecule has 1 fully saturated rings. The van der Waals surface area contributed by atoms with Gasteiger partial charge in [0.2, 0.25) is 0 Å². The molecular formula is C8H15NO4S. The summed E-state index contributed by atoms with van der Waals surface area (Å²) in [4.78, 5) is 10.7. The highest BCUT2D eigenvalue weighted by molar-refractivity contribution is 7.91. The molecule has 1 aliphatic heterocycles. The van der Waals surface area contributed by atoms with Gasteiger partial charge in [-0.2, -0.15) is 0 Å². The van der Waals surface area contributed by atoms with Crippen molar-refractivity contribution in [3.63, 3.8) is 0 Å². The van der Waals surface area contributed by atoms with Gasteiger partial charge in [-0.1, -0.05) is 13.8 Å². The summed E-state index contributed by atoms with van der Waals surface area (Å²) in [5.74, 6) is -1.24. The van der Waals surface area contributed by atoms with E-state index in [4.69, 9.17) is 5.11 Å². The molecule has 0 aromatic heterocycles. The van der Waals surface area contributed by atoms with E-state index in [0.29, 0.717) is 0 Å². The molecule has 2 unspecified atom stereocenters. The predicted molar refractivity (Wildman–Crippen MR) is 51.8 cm³/mol. The fourth-order valence-corrected chi connectivity index (χ4v) is 3.39. The van der Waals surface area contributed by atoms with E-state index >= 15 is 0 Å². The Labute approximate surface area is 83.4 Å². The monoisotopic (exact) mass is 221 g/mol. The molecule has 0 aromatic carbocycles. The summed E-state index contributed by atoms with van der Waals surface area (Å²) >= 11 is 0. The smallest absolute Gasteiger partial charge is 0.321 e. The molecule has 6 heteroatoms. The maximum Gasteiger partial charge on any atom is 0.321 e. The molecule has 1 aliphatic rings. The third-order valence-corrected chi connectivity index (χ3v) is 4.08. The van der Waals surface area contributed by atoms with Crippen molar-refractivity contribution in [3.8, 4) is 0 Å². The normalized spacial score (nSPS) is 31.6. The molecule has 5 nitrogen and oxygen atoms in total. The van der Waals surface area contributed by atoms with Gasteiger partial charge in [-0.05, 0) is 5.92 Å². The number of hydrogen-bond acceptors (Lipinski definition) is 4. The van der Waals surface area contributed by atoms with Crippen LogP contribution in [-0.2, 0) is 14.6 Å². The van der Waals surface area contributed by atoms with Crippen LogP contribution in [0.2, 0.25) is 0 Å². The van der Waals surface area contributed by atoms with Gasteiger partial charge in [0.1, 0.15) is 6.04 Å². The van der Waals surface area contributed by atoms with Crippen molar-refractivity contribution in [2.45, 2.75) is 25.9 Å². The summed E-state index contributed by atoms with van der Waals surface area (Å²) < 4.78 is 22.8. The maximum atomic E-state index is 11.4. The number of hydrogen-bond donors (Lipinski definition) is 2. The fourth-order valence-electron chi connectivity index (χ4n) is 1.48. The van der Waals surface area contributed by atoms with Crippen LogP contribution in [0.5, 0.6) is 0 Å². The highest BCUT2D eigenvalue weighted by Gasteiger charge is 2.36. The highest BCUT2D eigenvalue weighted by Crippen LogP contribution is 2.13. The zero-order valence-electron chi connectivity index (χ0n) is 8.23. The Morgan fingerprint density at radius 3 is 2.43 bits per heavy atom. The number of carboxylic acids is 1. The second-order valence-electron chi connectivity index (χ2n) is 3.98. The first-order valence-electron chi connectivity index (χ1n) is 4.51. The van der Waals surface area contributed by atoms with Crippen LogP contribution in [0.15, 0.2) is 0 Å². The van der Waals surface area contributed by atoms with Gasteiger partial charge in [0.25, 0.3) is 0 Å². The molecule has 14 heavy (non-hydrogen) atoms. The predicted octanol–water partition coefficient (Wildman–Crippen LogP) is -0.518. The van der Waals surface area contributed by atoms with Crippen LogP contribution in [0.25, 0.3) is 0 Å². The average molecular weight is 221 g/mol. The molecule has 2 N–H and O–H groups in total. The molecule has 0 aromatic rings. The van der Waals surface area contributed by atoms with Crippen molar-refractivity contribution < 1.29 is 18.3 Å². The summed E-state index contributed by atoms with van der Waals surface area (Å²) in [6, 6.07) is -1.21. The molecule has 0 bridgehead atoms. The molecule has 0 saturated carbocycles. The van der Waals surface area contributed by atoms with Crippen molar-refractivity contribution >= 4 is 15.8 Å². The molecule has 0 aliphatic carbocycles. The topological polar surface area (TPSA) is 83.5 Å². The number of sulfone groups is 1. The second-order valence-corrected chi connectivity index (χ2v) is 6.14. The number of carboxylic acid groups (broad SMARTS) is 1. The van der Waals surface area contributed by atoms with Crippen LogP contribution in [0.1, 0.15) is 13.8 Å². The summed E-state index contributed by atoms with van der Waals surface area (Å²) in [7, 11) is -3.21. The molecule has 1 rings (SSSR count). The third-order valence-electron chi connectivity index (χ3n) is 2.37. The van der Waals surface area contributed by atoms with E-state index in [1.165, 1.54) is 0 Å². The van der Waals surface area contributed by atoms with Gasteiger partial charge in [-0.15, -0.1) is 0 Å². The Balaban J connectivity index is 2.82. The zero-order chi connectivity index (χ0) is 10.9. The Kier molecular flexibility index (Phi) is 3.16. The number of nitrogens with one attached hydrogen (secondary N) is 1. The number of carbonyl (C=O) groups is 1. The molecule has 82 valence electrons. The van der Waals surface area contributed by atoms with E-state index in [2.05, 4.69) is 5.32 Å². The van der Waals surface area contributed by atoms with Gasteiger partial charge >= 0.3 is 5.97 Å². The molecular weight excluding hydrogens is 206 g/mol. The van der Waals surface area contributed by atoms with Gasteiger partial charge in [0.15, 0.2) is 9.84 Å². The van der Waals surface area contributed by atoms with Crippen LogP contribution >= 0.6 is 0 Å². The van der Waals surface area contributed by atoms with Gasteiger partial charge in [-0.25, -0.2) is 8.42 Å². The summed E-state index contributed by atoms with van der Waals surface area (Å²) in [6.07, 6.45) is 0. The first kappa shape index (κ1) is 11.5. The average Bonchev–Trinajstić information content (AvgIpc) is 2.01. The quantitative estimate of drug-likeness (QED) is 0.655. The molecule has 0 spiro atoms. The Bertz CT molecular complexity index is 322. The van der Waals surface area contributed by atoms with Gasteiger partial charge in [0.05, 0.1) is 11.5 Å². The highest BCUT2D eigenvalue weighted by atomic mass is 32.2. The van der Waals surface area contributed by atoms with Gasteiger partial charge in [0, 0.05) is 6.04 Å². The lowest BCUT2D eigenvalue weighted by Gasteiger charge is -2.30. The van der Waals surface area contributed by atoms with Crippen LogP contribution in [-0.4, -0.2) is 43.1 Å². The first-order valence-corrected chi connectivity index (χ1v) is 6.33. The third kappa shape index (κ3) is 2.68. The minimum atomic E-state index is -3.21. The van der Waals surface area contributed by atoms with E-state index in [1.54, 1.807) is 0 Å². The van der Waals surface area contributed by atoms with Crippen molar-refractivity contribution in [1.82, 2.24) is 5.32 Å². The SMILES string of the molecule is CC(C)C1CS(=O)(=O)CC(C(=O)O)N1. The zero-order valence-corrected chi connectivity index (χ0v) is 9.04. The number of rotatable bonds is 2. The largest absolute Gasteiger partial charge is 0.480 e. The van der Waals surface area contributed by atoms with Crippen molar-refractivity contribution in [2.24, 2.45) is 5.92 Å². The van der Waals surface area contributed by atoms with E-state index in [1.807, 2.05) is 13.8 Å². The van der Waals surface area contributed by atoms with E-state index < -0.39 is 21.8 Å². The first-order chi connectivity index (χ1) is 6.32. The fraction of sp³-hybridized carbons (Fsp3) is 0.875. The minimum Gasteiger partial charge on any atom is -0.480 e. The van der Waals surface area contributed by atoms with E-state index in [9.17, 15) is 13.2 Å². The van der Waals surface area contributed by atoms with Crippen LogP contribution in [0.4, 0.5) is 0 Å². The lowest BCUT2D eigenvalue weighted by atomic mass is 10.1. The van der Waals surface area contributed by atoms with Crippen molar-refractivity contribution in [1.29, 1.82) is 0 Å². The van der Waals surface area contributed by atoms with Crippen molar-refractivity contribution in [2.75, 3.05) is 11.5 Å². The Hall–Kier alpha value is -0.620. The maximum absolute atomic E-state index is 11.4. The summed E-state index contributed by atoms with van der Waals surface area (Å²) in [6.45, 7) is 3.74. The van der Waals surface area contributed by atoms with E-state index in [0.717, 1.165) is 0 Å².